The molecule has 1 N–H and O–H groups in total. The van der Waals surface area contributed by atoms with Crippen LogP contribution in [0.4, 0.5) is 0 Å². The zero-order valence-corrected chi connectivity index (χ0v) is 10.8. The molecule has 0 spiro atoms. The molecular formula is C15H16O2S. The number of para-hydroxylation sites is 1. The maximum atomic E-state index is 9.36. The molecule has 2 aromatic carbocycles. The van der Waals surface area contributed by atoms with Crippen molar-refractivity contribution in [2.45, 2.75) is 10.1 Å². The van der Waals surface area contributed by atoms with Gasteiger partial charge in [0.2, 0.25) is 0 Å². The van der Waals surface area contributed by atoms with Crippen molar-refractivity contribution in [3.8, 4) is 5.75 Å². The predicted octanol–water partition coefficient (Wildman–Crippen LogP) is 3.22. The van der Waals surface area contributed by atoms with Crippen LogP contribution in [0.2, 0.25) is 0 Å². The first kappa shape index (κ1) is 13.0. The number of hydrogen-bond acceptors (Lipinski definition) is 3. The highest BCUT2D eigenvalue weighted by atomic mass is 32.2. The van der Waals surface area contributed by atoms with Crippen molar-refractivity contribution in [3.63, 3.8) is 0 Å². The third-order valence-corrected chi connectivity index (χ3v) is 3.59. The van der Waals surface area contributed by atoms with Crippen molar-refractivity contribution in [3.05, 3.63) is 60.7 Å². The standard InChI is InChI=1S/C15H16O2S/c16-11-15(18-14-9-5-2-6-10-14)12-17-13-7-3-1-4-8-13/h1-10,15-16H,11-12H2. The van der Waals surface area contributed by atoms with E-state index in [-0.39, 0.29) is 11.9 Å². The molecular weight excluding hydrogens is 244 g/mol. The largest absolute Gasteiger partial charge is 0.492 e. The molecule has 1 unspecified atom stereocenters. The fraction of sp³-hybridized carbons (Fsp3) is 0.200. The molecule has 3 heteroatoms. The Labute approximate surface area is 112 Å². The van der Waals surface area contributed by atoms with E-state index in [0.717, 1.165) is 10.6 Å². The fourth-order valence-electron chi connectivity index (χ4n) is 1.52. The highest BCUT2D eigenvalue weighted by Crippen LogP contribution is 2.23. The van der Waals surface area contributed by atoms with Crippen LogP contribution in [0, 0.1) is 0 Å². The smallest absolute Gasteiger partial charge is 0.119 e. The minimum Gasteiger partial charge on any atom is -0.492 e. The number of hydrogen-bond donors (Lipinski definition) is 1. The summed E-state index contributed by atoms with van der Waals surface area (Å²) in [5.74, 6) is 0.838. The third-order valence-electron chi connectivity index (χ3n) is 2.43. The lowest BCUT2D eigenvalue weighted by atomic mass is 10.3. The van der Waals surface area contributed by atoms with Crippen LogP contribution in [0.25, 0.3) is 0 Å². The molecule has 0 fully saturated rings. The van der Waals surface area contributed by atoms with Crippen molar-refractivity contribution in [1.29, 1.82) is 0 Å². The highest BCUT2D eigenvalue weighted by Gasteiger charge is 2.10. The second-order valence-corrected chi connectivity index (χ2v) is 5.23. The molecule has 2 aromatic rings. The number of rotatable bonds is 6. The molecule has 0 radical (unpaired) electrons. The van der Waals surface area contributed by atoms with Gasteiger partial charge in [-0.2, -0.15) is 0 Å². The molecule has 1 atom stereocenters. The summed E-state index contributed by atoms with van der Waals surface area (Å²) in [5, 5.41) is 9.41. The highest BCUT2D eigenvalue weighted by molar-refractivity contribution is 8.00. The Bertz CT molecular complexity index is 445. The fourth-order valence-corrected chi connectivity index (χ4v) is 2.43. The molecule has 0 aliphatic heterocycles. The Hall–Kier alpha value is -1.45. The third kappa shape index (κ3) is 4.09. The molecule has 2 rings (SSSR count). The van der Waals surface area contributed by atoms with Crippen molar-refractivity contribution < 1.29 is 9.84 Å². The van der Waals surface area contributed by atoms with Gasteiger partial charge in [-0.25, -0.2) is 0 Å². The Morgan fingerprint density at radius 1 is 0.944 bits per heavy atom. The summed E-state index contributed by atoms with van der Waals surface area (Å²) in [6.45, 7) is 0.604. The number of benzene rings is 2. The Morgan fingerprint density at radius 2 is 1.56 bits per heavy atom. The minimum absolute atomic E-state index is 0.0487. The van der Waals surface area contributed by atoms with Crippen molar-refractivity contribution >= 4 is 11.8 Å². The van der Waals surface area contributed by atoms with Crippen molar-refractivity contribution in [2.24, 2.45) is 0 Å². The molecule has 0 heterocycles. The van der Waals surface area contributed by atoms with Crippen LogP contribution in [0.3, 0.4) is 0 Å². The van der Waals surface area contributed by atoms with Gasteiger partial charge in [-0.1, -0.05) is 36.4 Å². The maximum absolute atomic E-state index is 9.36. The van der Waals surface area contributed by atoms with Gasteiger partial charge in [-0.15, -0.1) is 11.8 Å². The van der Waals surface area contributed by atoms with Gasteiger partial charge in [-0.3, -0.25) is 0 Å². The SMILES string of the molecule is OCC(COc1ccccc1)Sc1ccccc1. The Morgan fingerprint density at radius 3 is 2.17 bits per heavy atom. The normalized spacial score (nSPS) is 12.1. The Kier molecular flexibility index (Phi) is 5.12. The van der Waals surface area contributed by atoms with Crippen LogP contribution in [-0.4, -0.2) is 23.6 Å². The molecule has 2 nitrogen and oxygen atoms in total. The summed E-state index contributed by atoms with van der Waals surface area (Å²) >= 11 is 1.63. The van der Waals surface area contributed by atoms with Gasteiger partial charge >= 0.3 is 0 Å². The average Bonchev–Trinajstić information content (AvgIpc) is 2.45. The van der Waals surface area contributed by atoms with Gasteiger partial charge in [-0.05, 0) is 24.3 Å². The molecule has 0 saturated heterocycles. The number of aliphatic hydroxyl groups excluding tert-OH is 1. The van der Waals surface area contributed by atoms with Gasteiger partial charge in [0, 0.05) is 4.90 Å². The van der Waals surface area contributed by atoms with Gasteiger partial charge in [0.15, 0.2) is 0 Å². The maximum Gasteiger partial charge on any atom is 0.119 e. The monoisotopic (exact) mass is 260 g/mol. The van der Waals surface area contributed by atoms with Crippen molar-refractivity contribution in [1.82, 2.24) is 0 Å². The quantitative estimate of drug-likeness (QED) is 0.809. The van der Waals surface area contributed by atoms with Crippen LogP contribution in [-0.2, 0) is 0 Å². The molecule has 0 aromatic heterocycles. The Balaban J connectivity index is 1.86. The summed E-state index contributed by atoms with van der Waals surface area (Å²) in [5.41, 5.74) is 0. The van der Waals surface area contributed by atoms with E-state index in [4.69, 9.17) is 4.74 Å². The van der Waals surface area contributed by atoms with Gasteiger partial charge in [0.25, 0.3) is 0 Å². The average molecular weight is 260 g/mol. The first-order valence-corrected chi connectivity index (χ1v) is 6.77. The lowest BCUT2D eigenvalue weighted by Crippen LogP contribution is -2.18. The summed E-state index contributed by atoms with van der Waals surface area (Å²) in [6.07, 6.45) is 0. The predicted molar refractivity (Wildman–Crippen MR) is 75.1 cm³/mol. The summed E-state index contributed by atoms with van der Waals surface area (Å²) < 4.78 is 5.65. The van der Waals surface area contributed by atoms with E-state index in [0.29, 0.717) is 6.61 Å². The van der Waals surface area contributed by atoms with E-state index >= 15 is 0 Å². The van der Waals surface area contributed by atoms with E-state index < -0.39 is 0 Å². The van der Waals surface area contributed by atoms with Gasteiger partial charge in [0.1, 0.15) is 12.4 Å². The van der Waals surface area contributed by atoms with Gasteiger partial charge in [0.05, 0.1) is 11.9 Å². The van der Waals surface area contributed by atoms with Crippen LogP contribution in [0.5, 0.6) is 5.75 Å². The molecule has 0 amide bonds. The second-order valence-electron chi connectivity index (χ2n) is 3.86. The molecule has 0 aliphatic rings. The zero-order chi connectivity index (χ0) is 12.6. The molecule has 94 valence electrons. The molecule has 0 bridgehead atoms. The van der Waals surface area contributed by atoms with E-state index in [1.165, 1.54) is 0 Å². The van der Waals surface area contributed by atoms with Crippen LogP contribution in [0.1, 0.15) is 0 Å². The number of thioether (sulfide) groups is 1. The van der Waals surface area contributed by atoms with Crippen LogP contribution < -0.4 is 4.74 Å². The molecule has 18 heavy (non-hydrogen) atoms. The van der Waals surface area contributed by atoms with Gasteiger partial charge < -0.3 is 9.84 Å². The van der Waals surface area contributed by atoms with E-state index in [9.17, 15) is 5.11 Å². The molecule has 0 aliphatic carbocycles. The zero-order valence-electron chi connectivity index (χ0n) is 10.0. The summed E-state index contributed by atoms with van der Waals surface area (Å²) in [4.78, 5) is 1.15. The first-order chi connectivity index (χ1) is 8.88. The number of ether oxygens (including phenoxy) is 1. The van der Waals surface area contributed by atoms with E-state index in [1.54, 1.807) is 11.8 Å². The second kappa shape index (κ2) is 7.09. The van der Waals surface area contributed by atoms with E-state index in [1.807, 2.05) is 60.7 Å². The van der Waals surface area contributed by atoms with Crippen molar-refractivity contribution in [2.75, 3.05) is 13.2 Å². The lowest BCUT2D eigenvalue weighted by molar-refractivity contribution is 0.241. The lowest BCUT2D eigenvalue weighted by Gasteiger charge is -2.14. The molecule has 0 saturated carbocycles. The summed E-state index contributed by atoms with van der Waals surface area (Å²) in [7, 11) is 0. The minimum atomic E-state index is 0.0487. The van der Waals surface area contributed by atoms with Crippen LogP contribution in [0.15, 0.2) is 65.6 Å². The first-order valence-electron chi connectivity index (χ1n) is 5.89. The van der Waals surface area contributed by atoms with Crippen LogP contribution >= 0.6 is 11.8 Å². The number of aliphatic hydroxyl groups is 1. The summed E-state index contributed by atoms with van der Waals surface area (Å²) in [6, 6.07) is 19.7. The van der Waals surface area contributed by atoms with E-state index in [2.05, 4.69) is 0 Å². The topological polar surface area (TPSA) is 29.5 Å².